The van der Waals surface area contributed by atoms with Crippen molar-refractivity contribution in [2.24, 2.45) is 7.05 Å². The topological polar surface area (TPSA) is 94.0 Å². The van der Waals surface area contributed by atoms with Crippen molar-refractivity contribution < 1.29 is 17.6 Å². The van der Waals surface area contributed by atoms with E-state index < -0.39 is 21.7 Å². The molecule has 9 heteroatoms. The molecule has 0 spiro atoms. The first-order chi connectivity index (χ1) is 12.3. The normalized spacial score (nSPS) is 11.3. The molecule has 26 heavy (non-hydrogen) atoms. The maximum absolute atomic E-state index is 13.9. The fraction of sp³-hybridized carbons (Fsp3) is 0.118. The largest absolute Gasteiger partial charge is 0.332 e. The van der Waals surface area contributed by atoms with Crippen LogP contribution < -0.4 is 4.72 Å². The van der Waals surface area contributed by atoms with Crippen LogP contribution >= 0.6 is 0 Å². The molecule has 0 radical (unpaired) electrons. The fourth-order valence-corrected chi connectivity index (χ4v) is 3.64. The van der Waals surface area contributed by atoms with Crippen LogP contribution in [0.1, 0.15) is 16.1 Å². The Hall–Kier alpha value is -3.07. The van der Waals surface area contributed by atoms with Gasteiger partial charge in [-0.1, -0.05) is 18.2 Å². The molecule has 2 aromatic heterocycles. The Balaban J connectivity index is 1.91. The van der Waals surface area contributed by atoms with E-state index in [4.69, 9.17) is 0 Å². The van der Waals surface area contributed by atoms with Gasteiger partial charge in [-0.3, -0.25) is 4.79 Å². The minimum Gasteiger partial charge on any atom is -0.332 e. The lowest BCUT2D eigenvalue weighted by molar-refractivity contribution is 0.0977. The number of amides is 1. The zero-order valence-electron chi connectivity index (χ0n) is 14.0. The predicted octanol–water partition coefficient (Wildman–Crippen LogP) is 2.05. The highest BCUT2D eigenvalue weighted by Gasteiger charge is 2.23. The summed E-state index contributed by atoms with van der Waals surface area (Å²) in [6.07, 6.45) is 2.71. The Morgan fingerprint density at radius 3 is 2.62 bits per heavy atom. The molecule has 0 fully saturated rings. The highest BCUT2D eigenvalue weighted by molar-refractivity contribution is 7.90. The number of imidazole rings is 1. The van der Waals surface area contributed by atoms with Crippen molar-refractivity contribution in [2.45, 2.75) is 11.8 Å². The molecule has 1 aromatic carbocycles. The number of nitrogens with one attached hydrogen (secondary N) is 1. The number of halogens is 1. The Labute approximate surface area is 149 Å². The van der Waals surface area contributed by atoms with Crippen molar-refractivity contribution >= 4 is 15.9 Å². The average molecular weight is 374 g/mol. The lowest BCUT2D eigenvalue weighted by Crippen LogP contribution is -2.31. The molecule has 0 bridgehead atoms. The number of rotatable bonds is 4. The molecule has 0 unspecified atom stereocenters. The molecule has 0 saturated carbocycles. The van der Waals surface area contributed by atoms with Gasteiger partial charge in [0.2, 0.25) is 0 Å². The molecule has 1 amide bonds. The van der Waals surface area contributed by atoms with Crippen molar-refractivity contribution in [3.05, 3.63) is 65.9 Å². The average Bonchev–Trinajstić information content (AvgIpc) is 2.97. The molecule has 0 saturated heterocycles. The second-order valence-corrected chi connectivity index (χ2v) is 7.25. The number of hydrogen-bond donors (Lipinski definition) is 1. The molecule has 3 rings (SSSR count). The third kappa shape index (κ3) is 3.33. The molecule has 7 nitrogen and oxygen atoms in total. The lowest BCUT2D eigenvalue weighted by atomic mass is 10.2. The fourth-order valence-electron chi connectivity index (χ4n) is 2.43. The summed E-state index contributed by atoms with van der Waals surface area (Å²) in [7, 11) is -2.49. The number of carbonyl (C=O) groups excluding carboxylic acids is 1. The second-order valence-electron chi connectivity index (χ2n) is 5.59. The van der Waals surface area contributed by atoms with E-state index in [9.17, 15) is 17.6 Å². The van der Waals surface area contributed by atoms with Crippen LogP contribution in [-0.4, -0.2) is 28.9 Å². The number of carbonyl (C=O) groups is 1. The van der Waals surface area contributed by atoms with Gasteiger partial charge in [-0.25, -0.2) is 27.5 Å². The first kappa shape index (κ1) is 17.7. The van der Waals surface area contributed by atoms with Crippen LogP contribution in [0.5, 0.6) is 0 Å². The van der Waals surface area contributed by atoms with Gasteiger partial charge < -0.3 is 4.57 Å². The SMILES string of the molecule is Cc1ccccc1S(=O)(=O)NC(=O)c1cn(C)c(-c2ncccc2F)n1. The first-order valence-corrected chi connectivity index (χ1v) is 9.05. The van der Waals surface area contributed by atoms with Crippen molar-refractivity contribution in [2.75, 3.05) is 0 Å². The van der Waals surface area contributed by atoms with Gasteiger partial charge in [0.15, 0.2) is 11.6 Å². The molecule has 0 aliphatic carbocycles. The minimum absolute atomic E-state index is 0.000255. The zero-order chi connectivity index (χ0) is 18.9. The van der Waals surface area contributed by atoms with E-state index in [0.717, 1.165) is 0 Å². The van der Waals surface area contributed by atoms with Gasteiger partial charge >= 0.3 is 0 Å². The van der Waals surface area contributed by atoms with E-state index >= 15 is 0 Å². The van der Waals surface area contributed by atoms with E-state index in [1.54, 1.807) is 32.2 Å². The van der Waals surface area contributed by atoms with Crippen molar-refractivity contribution in [3.63, 3.8) is 0 Å². The number of benzene rings is 1. The van der Waals surface area contributed by atoms with Crippen LogP contribution in [0.25, 0.3) is 11.5 Å². The third-order valence-electron chi connectivity index (χ3n) is 3.69. The van der Waals surface area contributed by atoms with Gasteiger partial charge in [-0.2, -0.15) is 0 Å². The van der Waals surface area contributed by atoms with Crippen LogP contribution in [0.4, 0.5) is 4.39 Å². The van der Waals surface area contributed by atoms with E-state index in [-0.39, 0.29) is 22.1 Å². The van der Waals surface area contributed by atoms with E-state index in [0.29, 0.717) is 5.56 Å². The maximum atomic E-state index is 13.9. The highest BCUT2D eigenvalue weighted by Crippen LogP contribution is 2.19. The van der Waals surface area contributed by atoms with Crippen LogP contribution in [0.15, 0.2) is 53.7 Å². The second kappa shape index (κ2) is 6.68. The number of hydrogen-bond acceptors (Lipinski definition) is 5. The van der Waals surface area contributed by atoms with Gasteiger partial charge in [0.1, 0.15) is 11.4 Å². The number of pyridine rings is 1. The minimum atomic E-state index is -4.05. The molecule has 134 valence electrons. The van der Waals surface area contributed by atoms with E-state index in [2.05, 4.69) is 9.97 Å². The Bertz CT molecular complexity index is 1090. The quantitative estimate of drug-likeness (QED) is 0.754. The molecular weight excluding hydrogens is 359 g/mol. The van der Waals surface area contributed by atoms with Crippen LogP contribution in [-0.2, 0) is 17.1 Å². The number of aryl methyl sites for hydroxylation is 2. The van der Waals surface area contributed by atoms with Crippen molar-refractivity contribution in [1.82, 2.24) is 19.3 Å². The number of aromatic nitrogens is 3. The molecule has 1 N–H and O–H groups in total. The van der Waals surface area contributed by atoms with Crippen LogP contribution in [0, 0.1) is 12.7 Å². The monoisotopic (exact) mass is 374 g/mol. The molecule has 3 aromatic rings. The summed E-state index contributed by atoms with van der Waals surface area (Å²) in [6.45, 7) is 1.63. The Kier molecular flexibility index (Phi) is 4.56. The smallest absolute Gasteiger partial charge is 0.285 e. The molecule has 0 aliphatic rings. The summed E-state index contributed by atoms with van der Waals surface area (Å²) < 4.78 is 42.1. The Morgan fingerprint density at radius 1 is 1.19 bits per heavy atom. The Morgan fingerprint density at radius 2 is 1.92 bits per heavy atom. The number of sulfonamides is 1. The highest BCUT2D eigenvalue weighted by atomic mass is 32.2. The van der Waals surface area contributed by atoms with Gasteiger partial charge in [-0.15, -0.1) is 0 Å². The van der Waals surface area contributed by atoms with Gasteiger partial charge in [-0.05, 0) is 30.7 Å². The molecule has 0 aliphatic heterocycles. The summed E-state index contributed by atoms with van der Waals surface area (Å²) in [5.41, 5.74) is 0.311. The molecular formula is C17H15FN4O3S. The summed E-state index contributed by atoms with van der Waals surface area (Å²) in [6, 6.07) is 8.95. The van der Waals surface area contributed by atoms with Crippen LogP contribution in [0.2, 0.25) is 0 Å². The molecule has 2 heterocycles. The molecule has 0 atom stereocenters. The van der Waals surface area contributed by atoms with Crippen LogP contribution in [0.3, 0.4) is 0 Å². The first-order valence-electron chi connectivity index (χ1n) is 7.56. The van der Waals surface area contributed by atoms with Gasteiger partial charge in [0.05, 0.1) is 4.90 Å². The van der Waals surface area contributed by atoms with Crippen molar-refractivity contribution in [1.29, 1.82) is 0 Å². The van der Waals surface area contributed by atoms with Gasteiger partial charge in [0, 0.05) is 19.4 Å². The summed E-state index contributed by atoms with van der Waals surface area (Å²) >= 11 is 0. The van der Waals surface area contributed by atoms with Gasteiger partial charge in [0.25, 0.3) is 15.9 Å². The maximum Gasteiger partial charge on any atom is 0.285 e. The zero-order valence-corrected chi connectivity index (χ0v) is 14.8. The number of nitrogens with zero attached hydrogens (tertiary/aromatic N) is 3. The van der Waals surface area contributed by atoms with E-state index in [1.165, 1.54) is 35.2 Å². The summed E-state index contributed by atoms with van der Waals surface area (Å²) in [4.78, 5) is 20.3. The lowest BCUT2D eigenvalue weighted by Gasteiger charge is -2.07. The summed E-state index contributed by atoms with van der Waals surface area (Å²) in [5.74, 6) is -1.39. The summed E-state index contributed by atoms with van der Waals surface area (Å²) in [5, 5.41) is 0. The van der Waals surface area contributed by atoms with Crippen molar-refractivity contribution in [3.8, 4) is 11.5 Å². The predicted molar refractivity (Wildman–Crippen MR) is 92.2 cm³/mol. The standard InChI is InChI=1S/C17H15FN4O3S/c1-11-6-3-4-8-14(11)26(24,25)21-17(23)13-10-22(2)16(20-13)15-12(18)7-5-9-19-15/h3-10H,1-2H3,(H,21,23). The third-order valence-corrected chi connectivity index (χ3v) is 5.18. The van der Waals surface area contributed by atoms with E-state index in [1.807, 2.05) is 4.72 Å².